The number of rotatable bonds is 0. The maximum absolute atomic E-state index is 11.8. The van der Waals surface area contributed by atoms with Crippen molar-refractivity contribution in [3.05, 3.63) is 23.3 Å². The lowest BCUT2D eigenvalue weighted by Gasteiger charge is -2.12. The SMILES string of the molecule is C/C1=C/CC/C=C(/C)CCC(C)C(=O)CC1. The lowest BCUT2D eigenvalue weighted by atomic mass is 9.93. The maximum atomic E-state index is 11.8. The first-order valence-corrected chi connectivity index (χ1v) is 6.43. The van der Waals surface area contributed by atoms with Crippen molar-refractivity contribution < 1.29 is 4.79 Å². The fourth-order valence-electron chi connectivity index (χ4n) is 2.04. The summed E-state index contributed by atoms with van der Waals surface area (Å²) in [6, 6.07) is 0. The Bertz CT molecular complexity index is 297. The Labute approximate surface area is 99.6 Å². The highest BCUT2D eigenvalue weighted by atomic mass is 16.1. The quantitative estimate of drug-likeness (QED) is 0.552. The third-order valence-corrected chi connectivity index (χ3v) is 3.44. The van der Waals surface area contributed by atoms with Gasteiger partial charge >= 0.3 is 0 Å². The van der Waals surface area contributed by atoms with Gasteiger partial charge in [0, 0.05) is 12.3 Å². The van der Waals surface area contributed by atoms with Crippen LogP contribution in [0.15, 0.2) is 23.3 Å². The van der Waals surface area contributed by atoms with Crippen LogP contribution in [0.5, 0.6) is 0 Å². The molecular weight excluding hydrogens is 196 g/mol. The van der Waals surface area contributed by atoms with Crippen LogP contribution in [0.1, 0.15) is 59.3 Å². The van der Waals surface area contributed by atoms with Crippen molar-refractivity contribution in [2.75, 3.05) is 0 Å². The normalized spacial score (nSPS) is 31.7. The molecule has 90 valence electrons. The van der Waals surface area contributed by atoms with Crippen molar-refractivity contribution in [3.8, 4) is 0 Å². The fourth-order valence-corrected chi connectivity index (χ4v) is 2.04. The van der Waals surface area contributed by atoms with Gasteiger partial charge in [0.2, 0.25) is 0 Å². The van der Waals surface area contributed by atoms with E-state index in [0.29, 0.717) is 5.78 Å². The number of carbonyl (C=O) groups excluding carboxylic acids is 1. The third kappa shape index (κ3) is 4.78. The van der Waals surface area contributed by atoms with Crippen molar-refractivity contribution in [2.24, 2.45) is 5.92 Å². The van der Waals surface area contributed by atoms with E-state index in [2.05, 4.69) is 32.9 Å². The number of hydrogen-bond acceptors (Lipinski definition) is 1. The molecule has 1 nitrogen and oxygen atoms in total. The first kappa shape index (κ1) is 13.2. The fraction of sp³-hybridized carbons (Fsp3) is 0.667. The summed E-state index contributed by atoms with van der Waals surface area (Å²) in [6.07, 6.45) is 10.6. The van der Waals surface area contributed by atoms with Crippen LogP contribution in [0.4, 0.5) is 0 Å². The molecule has 0 aliphatic heterocycles. The Hall–Kier alpha value is -0.850. The zero-order valence-electron chi connectivity index (χ0n) is 10.9. The molecule has 1 atom stereocenters. The average Bonchev–Trinajstić information content (AvgIpc) is 2.27. The summed E-state index contributed by atoms with van der Waals surface area (Å²) in [5.74, 6) is 0.664. The van der Waals surface area contributed by atoms with E-state index >= 15 is 0 Å². The first-order valence-electron chi connectivity index (χ1n) is 6.43. The number of carbonyl (C=O) groups is 1. The molecule has 0 saturated heterocycles. The van der Waals surface area contributed by atoms with Gasteiger partial charge in [0.15, 0.2) is 0 Å². The molecule has 0 aromatic heterocycles. The summed E-state index contributed by atoms with van der Waals surface area (Å²) >= 11 is 0. The zero-order valence-corrected chi connectivity index (χ0v) is 10.9. The van der Waals surface area contributed by atoms with E-state index in [-0.39, 0.29) is 5.92 Å². The third-order valence-electron chi connectivity index (χ3n) is 3.44. The molecule has 0 saturated carbocycles. The topological polar surface area (TPSA) is 17.1 Å². The zero-order chi connectivity index (χ0) is 12.0. The Balaban J connectivity index is 2.65. The Kier molecular flexibility index (Phi) is 5.51. The molecule has 0 bridgehead atoms. The summed E-state index contributed by atoms with van der Waals surface area (Å²) in [4.78, 5) is 11.8. The number of Topliss-reactive ketones (excluding diaryl/α,β-unsaturated/α-hetero) is 1. The van der Waals surface area contributed by atoms with E-state index in [4.69, 9.17) is 0 Å². The highest BCUT2D eigenvalue weighted by Gasteiger charge is 2.12. The molecule has 1 heteroatoms. The molecule has 0 heterocycles. The Morgan fingerprint density at radius 2 is 1.56 bits per heavy atom. The molecule has 0 spiro atoms. The second-order valence-electron chi connectivity index (χ2n) is 5.08. The molecule has 0 fully saturated rings. The van der Waals surface area contributed by atoms with Crippen LogP contribution in [0, 0.1) is 5.92 Å². The van der Waals surface area contributed by atoms with Crippen molar-refractivity contribution in [2.45, 2.75) is 59.3 Å². The van der Waals surface area contributed by atoms with Crippen molar-refractivity contribution in [3.63, 3.8) is 0 Å². The predicted molar refractivity (Wildman–Crippen MR) is 69.4 cm³/mol. The highest BCUT2D eigenvalue weighted by molar-refractivity contribution is 5.80. The Morgan fingerprint density at radius 3 is 2.19 bits per heavy atom. The summed E-state index contributed by atoms with van der Waals surface area (Å²) in [7, 11) is 0. The molecule has 16 heavy (non-hydrogen) atoms. The van der Waals surface area contributed by atoms with E-state index in [9.17, 15) is 4.79 Å². The minimum atomic E-state index is 0.232. The lowest BCUT2D eigenvalue weighted by molar-refractivity contribution is -0.122. The average molecular weight is 220 g/mol. The molecule has 0 aromatic rings. The Morgan fingerprint density at radius 1 is 1.00 bits per heavy atom. The van der Waals surface area contributed by atoms with Crippen molar-refractivity contribution in [1.82, 2.24) is 0 Å². The molecule has 1 rings (SSSR count). The number of ketones is 1. The van der Waals surface area contributed by atoms with Crippen molar-refractivity contribution in [1.29, 1.82) is 0 Å². The summed E-state index contributed by atoms with van der Waals surface area (Å²) < 4.78 is 0. The second kappa shape index (κ2) is 6.67. The first-order chi connectivity index (χ1) is 7.59. The van der Waals surface area contributed by atoms with E-state index in [1.165, 1.54) is 11.1 Å². The van der Waals surface area contributed by atoms with E-state index in [0.717, 1.165) is 38.5 Å². The molecule has 1 aliphatic carbocycles. The van der Waals surface area contributed by atoms with Gasteiger partial charge in [0.25, 0.3) is 0 Å². The maximum Gasteiger partial charge on any atom is 0.136 e. The highest BCUT2D eigenvalue weighted by Crippen LogP contribution is 2.18. The second-order valence-corrected chi connectivity index (χ2v) is 5.08. The van der Waals surface area contributed by atoms with Gasteiger partial charge in [0.1, 0.15) is 5.78 Å². The molecule has 0 radical (unpaired) electrons. The van der Waals surface area contributed by atoms with Crippen molar-refractivity contribution >= 4 is 5.78 Å². The van der Waals surface area contributed by atoms with Gasteiger partial charge in [-0.1, -0.05) is 30.2 Å². The summed E-state index contributed by atoms with van der Waals surface area (Å²) in [6.45, 7) is 6.39. The van der Waals surface area contributed by atoms with Crippen LogP contribution in [0.2, 0.25) is 0 Å². The van der Waals surface area contributed by atoms with Crippen LogP contribution < -0.4 is 0 Å². The smallest absolute Gasteiger partial charge is 0.136 e. The van der Waals surface area contributed by atoms with Crippen LogP contribution in [0.3, 0.4) is 0 Å². The largest absolute Gasteiger partial charge is 0.299 e. The van der Waals surface area contributed by atoms with E-state index in [1.807, 2.05) is 0 Å². The predicted octanol–water partition coefficient (Wildman–Crippen LogP) is 4.44. The molecular formula is C15H24O. The van der Waals surface area contributed by atoms with Gasteiger partial charge in [-0.15, -0.1) is 0 Å². The molecule has 0 aromatic carbocycles. The van der Waals surface area contributed by atoms with Gasteiger partial charge < -0.3 is 0 Å². The van der Waals surface area contributed by atoms with E-state index in [1.54, 1.807) is 0 Å². The van der Waals surface area contributed by atoms with Gasteiger partial charge in [-0.05, 0) is 46.0 Å². The van der Waals surface area contributed by atoms with Crippen LogP contribution in [-0.4, -0.2) is 5.78 Å². The lowest BCUT2D eigenvalue weighted by Crippen LogP contribution is -2.11. The monoisotopic (exact) mass is 220 g/mol. The molecule has 0 amide bonds. The van der Waals surface area contributed by atoms with Gasteiger partial charge in [-0.25, -0.2) is 0 Å². The van der Waals surface area contributed by atoms with Crippen LogP contribution >= 0.6 is 0 Å². The molecule has 0 N–H and O–H groups in total. The minimum absolute atomic E-state index is 0.232. The van der Waals surface area contributed by atoms with Gasteiger partial charge in [0.05, 0.1) is 0 Å². The minimum Gasteiger partial charge on any atom is -0.299 e. The summed E-state index contributed by atoms with van der Waals surface area (Å²) in [5, 5.41) is 0. The van der Waals surface area contributed by atoms with Gasteiger partial charge in [-0.2, -0.15) is 0 Å². The van der Waals surface area contributed by atoms with Crippen LogP contribution in [-0.2, 0) is 4.79 Å². The van der Waals surface area contributed by atoms with Crippen LogP contribution in [0.25, 0.3) is 0 Å². The van der Waals surface area contributed by atoms with E-state index < -0.39 is 0 Å². The van der Waals surface area contributed by atoms with Gasteiger partial charge in [-0.3, -0.25) is 4.79 Å². The number of hydrogen-bond donors (Lipinski definition) is 0. The molecule has 1 aliphatic rings. The molecule has 1 unspecified atom stereocenters. The standard InChI is InChI=1S/C15H24O/c1-12-6-4-5-7-13(2)9-11-15(16)14(3)10-8-12/h6-7,14H,4-5,8-11H2,1-3H3/b12-6-,13-7-. The number of allylic oxidation sites excluding steroid dienone is 4. The summed E-state index contributed by atoms with van der Waals surface area (Å²) in [5.41, 5.74) is 2.80.